The fourth-order valence-electron chi connectivity index (χ4n) is 9.37. The highest BCUT2D eigenvalue weighted by molar-refractivity contribution is 6.22. The lowest BCUT2D eigenvalue weighted by Crippen LogP contribution is -2.27. The van der Waals surface area contributed by atoms with Crippen molar-refractivity contribution in [3.05, 3.63) is 174 Å². The molecule has 256 valence electrons. The van der Waals surface area contributed by atoms with Crippen molar-refractivity contribution in [2.75, 3.05) is 0 Å². The predicted molar refractivity (Wildman–Crippen MR) is 219 cm³/mol. The number of benzene rings is 7. The maximum absolute atomic E-state index is 6.71. The molecule has 0 amide bonds. The van der Waals surface area contributed by atoms with Crippen LogP contribution in [0.1, 0.15) is 36.6 Å². The zero-order chi connectivity index (χ0) is 35.7. The number of aliphatic imine (C=N–C) groups is 1. The quantitative estimate of drug-likeness (QED) is 0.172. The first-order chi connectivity index (χ1) is 26.6. The summed E-state index contributed by atoms with van der Waals surface area (Å²) >= 11 is 0. The van der Waals surface area contributed by atoms with Crippen LogP contribution in [0.15, 0.2) is 175 Å². The lowest BCUT2D eigenvalue weighted by atomic mass is 9.88. The van der Waals surface area contributed by atoms with Gasteiger partial charge in [0.1, 0.15) is 39.3 Å². The average Bonchev–Trinajstić information content (AvgIpc) is 3.53. The highest BCUT2D eigenvalue weighted by atomic mass is 16.3. The van der Waals surface area contributed by atoms with Gasteiger partial charge >= 0.3 is 0 Å². The summed E-state index contributed by atoms with van der Waals surface area (Å²) in [6.45, 7) is 4.63. The minimum Gasteiger partial charge on any atom is -0.456 e. The Morgan fingerprint density at radius 1 is 0.500 bits per heavy atom. The third kappa shape index (κ3) is 3.85. The number of rotatable bonds is 4. The van der Waals surface area contributed by atoms with E-state index in [1.165, 1.54) is 11.1 Å². The molecule has 10 aromatic rings. The van der Waals surface area contributed by atoms with Gasteiger partial charge in [-0.25, -0.2) is 4.99 Å². The van der Waals surface area contributed by atoms with Gasteiger partial charge in [0.15, 0.2) is 0 Å². The molecule has 7 aromatic carbocycles. The van der Waals surface area contributed by atoms with Gasteiger partial charge in [-0.2, -0.15) is 0 Å². The maximum Gasteiger partial charge on any atom is 0.143 e. The molecular weight excluding hydrogens is 665 g/mol. The second-order valence-corrected chi connectivity index (χ2v) is 14.8. The van der Waals surface area contributed by atoms with Gasteiger partial charge in [0.25, 0.3) is 0 Å². The molecule has 0 aliphatic carbocycles. The summed E-state index contributed by atoms with van der Waals surface area (Å²) in [4.78, 5) is 8.09. The largest absolute Gasteiger partial charge is 0.456 e. The lowest BCUT2D eigenvalue weighted by molar-refractivity contribution is 0.627. The number of nitrogens with zero attached hydrogens (tertiary/aromatic N) is 2. The van der Waals surface area contributed by atoms with Crippen molar-refractivity contribution in [3.63, 3.8) is 0 Å². The molecule has 5 heterocycles. The number of fused-ring (bicyclic) bond motifs is 10. The number of hydrogen-bond donors (Lipinski definition) is 0. The van der Waals surface area contributed by atoms with E-state index in [0.717, 1.165) is 99.6 Å². The van der Waals surface area contributed by atoms with Crippen molar-refractivity contribution in [1.82, 2.24) is 4.90 Å². The van der Waals surface area contributed by atoms with Crippen LogP contribution in [-0.2, 0) is 0 Å². The summed E-state index contributed by atoms with van der Waals surface area (Å²) in [5, 5.41) is 6.61. The van der Waals surface area contributed by atoms with Crippen LogP contribution in [-0.4, -0.2) is 16.3 Å². The summed E-state index contributed by atoms with van der Waals surface area (Å²) in [5.41, 5.74) is 12.6. The minimum absolute atomic E-state index is 0.00886. The molecule has 0 N–H and O–H groups in total. The molecule has 5 nitrogen and oxygen atoms in total. The smallest absolute Gasteiger partial charge is 0.143 e. The van der Waals surface area contributed by atoms with Crippen molar-refractivity contribution in [3.8, 4) is 11.1 Å². The van der Waals surface area contributed by atoms with Gasteiger partial charge in [-0.1, -0.05) is 121 Å². The van der Waals surface area contributed by atoms with Gasteiger partial charge < -0.3 is 18.2 Å². The Balaban J connectivity index is 1.12. The van der Waals surface area contributed by atoms with E-state index in [0.29, 0.717) is 0 Å². The van der Waals surface area contributed by atoms with Crippen LogP contribution in [0.4, 0.5) is 0 Å². The summed E-state index contributed by atoms with van der Waals surface area (Å²) in [6.07, 6.45) is 0. The van der Waals surface area contributed by atoms with Gasteiger partial charge in [0, 0.05) is 49.0 Å². The topological polar surface area (TPSA) is 54.8 Å². The molecule has 0 saturated carbocycles. The second kappa shape index (κ2) is 10.6. The molecule has 0 radical (unpaired) electrons. The third-order valence-corrected chi connectivity index (χ3v) is 12.0. The van der Waals surface area contributed by atoms with Crippen LogP contribution >= 0.6 is 0 Å². The molecule has 2 aliphatic heterocycles. The average molecular weight is 697 g/mol. The molecule has 2 atom stereocenters. The Morgan fingerprint density at radius 2 is 1.07 bits per heavy atom. The first-order valence-corrected chi connectivity index (χ1v) is 18.5. The van der Waals surface area contributed by atoms with E-state index in [9.17, 15) is 0 Å². The van der Waals surface area contributed by atoms with Crippen molar-refractivity contribution >= 4 is 77.3 Å². The standard InChI is InChI=1S/C49H32N2O3/c1-28-45(29-14-4-3-5-15-29)50-48(36-22-13-25-39-42(36)34-17-7-9-24-38(34)52-39)51-47(49(28,51)2)35-21-12-27-41-44(35)43-31(18-11-26-40(43)53-41)33-20-10-19-32-30-16-6-8-23-37(30)54-46(32)33/h3-27,47H,1-2H3. The van der Waals surface area contributed by atoms with E-state index in [1.807, 2.05) is 24.3 Å². The van der Waals surface area contributed by atoms with Crippen LogP contribution in [0.5, 0.6) is 0 Å². The van der Waals surface area contributed by atoms with E-state index < -0.39 is 0 Å². The molecule has 2 aliphatic rings. The molecule has 2 unspecified atom stereocenters. The Kier molecular flexibility index (Phi) is 5.84. The molecule has 0 bridgehead atoms. The summed E-state index contributed by atoms with van der Waals surface area (Å²) < 4.78 is 19.7. The Labute approximate surface area is 310 Å². The second-order valence-electron chi connectivity index (χ2n) is 14.8. The van der Waals surface area contributed by atoms with Gasteiger partial charge in [-0.3, -0.25) is 0 Å². The molecule has 5 heteroatoms. The SMILES string of the molecule is CC1=C(c2ccccc2)N=C(c2cccc3oc4ccccc4c23)N2C(c3cccc4oc5cccc(-c6cccc7c6oc6ccccc67)c5c34)C12C. The van der Waals surface area contributed by atoms with Crippen molar-refractivity contribution in [1.29, 1.82) is 0 Å². The fourth-order valence-corrected chi connectivity index (χ4v) is 9.37. The monoisotopic (exact) mass is 696 g/mol. The van der Waals surface area contributed by atoms with Crippen LogP contribution in [0.2, 0.25) is 0 Å². The fraction of sp³-hybridized carbons (Fsp3) is 0.0816. The predicted octanol–water partition coefficient (Wildman–Crippen LogP) is 13.1. The molecule has 3 aromatic heterocycles. The highest BCUT2D eigenvalue weighted by Gasteiger charge is 2.65. The van der Waals surface area contributed by atoms with E-state index in [-0.39, 0.29) is 11.6 Å². The van der Waals surface area contributed by atoms with E-state index in [1.54, 1.807) is 0 Å². The lowest BCUT2D eigenvalue weighted by Gasteiger charge is -2.24. The van der Waals surface area contributed by atoms with Crippen molar-refractivity contribution < 1.29 is 13.3 Å². The molecule has 0 spiro atoms. The number of furan rings is 3. The van der Waals surface area contributed by atoms with Gasteiger partial charge in [0.2, 0.25) is 0 Å². The Bertz CT molecular complexity index is 3270. The highest BCUT2D eigenvalue weighted by Crippen LogP contribution is 2.63. The maximum atomic E-state index is 6.71. The van der Waals surface area contributed by atoms with Crippen molar-refractivity contribution in [2.24, 2.45) is 4.99 Å². The number of amidine groups is 1. The summed E-state index contributed by atoms with van der Waals surface area (Å²) in [7, 11) is 0. The molecule has 1 saturated heterocycles. The van der Waals surface area contributed by atoms with Gasteiger partial charge in [0.05, 0.1) is 17.3 Å². The van der Waals surface area contributed by atoms with Crippen LogP contribution < -0.4 is 0 Å². The molecule has 12 rings (SSSR count). The molecular formula is C49H32N2O3. The van der Waals surface area contributed by atoms with Crippen LogP contribution in [0.25, 0.3) is 82.6 Å². The number of para-hydroxylation sites is 3. The van der Waals surface area contributed by atoms with Crippen LogP contribution in [0.3, 0.4) is 0 Å². The first kappa shape index (κ1) is 29.7. The number of hydrogen-bond acceptors (Lipinski definition) is 5. The summed E-state index contributed by atoms with van der Waals surface area (Å²) in [5.74, 6) is 0.946. The van der Waals surface area contributed by atoms with E-state index in [4.69, 9.17) is 18.2 Å². The Morgan fingerprint density at radius 3 is 1.89 bits per heavy atom. The first-order valence-electron chi connectivity index (χ1n) is 18.5. The zero-order valence-electron chi connectivity index (χ0n) is 29.6. The molecule has 1 fully saturated rings. The van der Waals surface area contributed by atoms with Gasteiger partial charge in [-0.05, 0) is 60.9 Å². The van der Waals surface area contributed by atoms with Gasteiger partial charge in [-0.15, -0.1) is 0 Å². The zero-order valence-corrected chi connectivity index (χ0v) is 29.6. The minimum atomic E-state index is -0.352. The van der Waals surface area contributed by atoms with Crippen molar-refractivity contribution in [2.45, 2.75) is 25.4 Å². The van der Waals surface area contributed by atoms with E-state index in [2.05, 4.69) is 146 Å². The summed E-state index contributed by atoms with van der Waals surface area (Å²) in [6, 6.07) is 52.8. The molecule has 54 heavy (non-hydrogen) atoms. The normalized spacial score (nSPS) is 18.4. The van der Waals surface area contributed by atoms with E-state index >= 15 is 0 Å². The van der Waals surface area contributed by atoms with Crippen LogP contribution in [0, 0.1) is 0 Å². The third-order valence-electron chi connectivity index (χ3n) is 12.0. The Hall–Kier alpha value is -6.85.